The summed E-state index contributed by atoms with van der Waals surface area (Å²) in [4.78, 5) is 2.12. The van der Waals surface area contributed by atoms with Crippen LogP contribution in [0.5, 0.6) is 5.75 Å². The van der Waals surface area contributed by atoms with Crippen molar-refractivity contribution in [2.24, 2.45) is 5.92 Å². The average Bonchev–Trinajstić information content (AvgIpc) is 2.97. The minimum atomic E-state index is 0.781. The van der Waals surface area contributed by atoms with Crippen molar-refractivity contribution in [3.8, 4) is 5.75 Å². The van der Waals surface area contributed by atoms with Crippen LogP contribution < -0.4 is 10.1 Å². The van der Waals surface area contributed by atoms with Crippen molar-refractivity contribution in [3.63, 3.8) is 0 Å². The molecule has 1 aromatic carbocycles. The first-order chi connectivity index (χ1) is 11.2. The number of aryl methyl sites for hydroxylation is 1. The molecule has 5 nitrogen and oxygen atoms in total. The van der Waals surface area contributed by atoms with E-state index in [4.69, 9.17) is 9.26 Å². The van der Waals surface area contributed by atoms with Crippen LogP contribution in [0.3, 0.4) is 0 Å². The Hall–Kier alpha value is -1.59. The second-order valence-electron chi connectivity index (χ2n) is 6.72. The first-order valence-corrected chi connectivity index (χ1v) is 8.48. The molecular formula is C18H27N3O2. The van der Waals surface area contributed by atoms with Crippen LogP contribution in [0.2, 0.25) is 0 Å². The van der Waals surface area contributed by atoms with E-state index in [2.05, 4.69) is 21.4 Å². The van der Waals surface area contributed by atoms with E-state index in [9.17, 15) is 0 Å². The number of ether oxygens (including phenoxy) is 1. The number of nitrogens with zero attached hydrogens (tertiary/aromatic N) is 2. The van der Waals surface area contributed by atoms with Gasteiger partial charge in [-0.1, -0.05) is 5.16 Å². The Morgan fingerprint density at radius 3 is 2.78 bits per heavy atom. The Bertz CT molecular complexity index is 645. The topological polar surface area (TPSA) is 50.5 Å². The summed E-state index contributed by atoms with van der Waals surface area (Å²) in [5.41, 5.74) is 3.04. The maximum atomic E-state index is 5.69. The zero-order valence-corrected chi connectivity index (χ0v) is 14.4. The van der Waals surface area contributed by atoms with E-state index in [1.165, 1.54) is 19.3 Å². The van der Waals surface area contributed by atoms with Crippen molar-refractivity contribution in [2.75, 3.05) is 34.3 Å². The maximum absolute atomic E-state index is 5.69. The van der Waals surface area contributed by atoms with E-state index < -0.39 is 0 Å². The lowest BCUT2D eigenvalue weighted by molar-refractivity contribution is 0.349. The van der Waals surface area contributed by atoms with Gasteiger partial charge in [0.05, 0.1) is 18.4 Å². The van der Waals surface area contributed by atoms with E-state index in [0.29, 0.717) is 0 Å². The Morgan fingerprint density at radius 1 is 1.30 bits per heavy atom. The van der Waals surface area contributed by atoms with Crippen LogP contribution in [0.25, 0.3) is 11.0 Å². The average molecular weight is 317 g/mol. The van der Waals surface area contributed by atoms with Crippen molar-refractivity contribution in [2.45, 2.75) is 32.2 Å². The fourth-order valence-electron chi connectivity index (χ4n) is 3.44. The zero-order chi connectivity index (χ0) is 16.2. The predicted molar refractivity (Wildman–Crippen MR) is 91.9 cm³/mol. The summed E-state index contributed by atoms with van der Waals surface area (Å²) in [6, 6.07) is 4.12. The fraction of sp³-hybridized carbons (Fsp3) is 0.611. The largest absolute Gasteiger partial charge is 0.496 e. The minimum Gasteiger partial charge on any atom is -0.496 e. The number of hydrogen-bond acceptors (Lipinski definition) is 5. The molecule has 2 heterocycles. The number of aromatic nitrogens is 1. The normalized spacial score (nSPS) is 16.3. The predicted octanol–water partition coefficient (Wildman–Crippen LogP) is 2.83. The Morgan fingerprint density at radius 2 is 2.09 bits per heavy atom. The highest BCUT2D eigenvalue weighted by Crippen LogP contribution is 2.32. The first kappa shape index (κ1) is 16.3. The summed E-state index contributed by atoms with van der Waals surface area (Å²) < 4.78 is 11.2. The number of benzene rings is 1. The van der Waals surface area contributed by atoms with E-state index >= 15 is 0 Å². The number of hydrogen-bond donors (Lipinski definition) is 1. The van der Waals surface area contributed by atoms with Gasteiger partial charge in [0.2, 0.25) is 0 Å². The van der Waals surface area contributed by atoms with Gasteiger partial charge in [0.1, 0.15) is 5.75 Å². The van der Waals surface area contributed by atoms with E-state index in [-0.39, 0.29) is 0 Å². The Labute approximate surface area is 138 Å². The van der Waals surface area contributed by atoms with Crippen LogP contribution >= 0.6 is 0 Å². The van der Waals surface area contributed by atoms with Gasteiger partial charge in [-0.25, -0.2) is 0 Å². The monoisotopic (exact) mass is 317 g/mol. The number of piperidine rings is 1. The maximum Gasteiger partial charge on any atom is 0.175 e. The number of nitrogens with one attached hydrogen (secondary N) is 1. The van der Waals surface area contributed by atoms with Crippen LogP contribution in [-0.4, -0.2) is 44.4 Å². The third-order valence-electron chi connectivity index (χ3n) is 4.72. The molecule has 1 aliphatic rings. The summed E-state index contributed by atoms with van der Waals surface area (Å²) in [5.74, 6) is 1.68. The summed E-state index contributed by atoms with van der Waals surface area (Å²) in [6.45, 7) is 3.08. The van der Waals surface area contributed by atoms with Crippen LogP contribution in [0.4, 0.5) is 0 Å². The van der Waals surface area contributed by atoms with Crippen LogP contribution in [0.1, 0.15) is 30.5 Å². The van der Waals surface area contributed by atoms with Gasteiger partial charge in [-0.3, -0.25) is 0 Å². The molecular weight excluding hydrogens is 290 g/mol. The van der Waals surface area contributed by atoms with Gasteiger partial charge in [0.25, 0.3) is 0 Å². The molecule has 3 rings (SSSR count). The SMILES string of the molecule is COc1ccc2c(CCC3CCNCC3)noc2c1CN(C)C. The van der Waals surface area contributed by atoms with Gasteiger partial charge in [-0.05, 0) is 70.9 Å². The molecule has 1 N–H and O–H groups in total. The van der Waals surface area contributed by atoms with Gasteiger partial charge in [-0.2, -0.15) is 0 Å². The van der Waals surface area contributed by atoms with E-state index in [1.807, 2.05) is 20.2 Å². The van der Waals surface area contributed by atoms with Crippen LogP contribution in [0, 0.1) is 5.92 Å². The van der Waals surface area contributed by atoms with Crippen molar-refractivity contribution in [3.05, 3.63) is 23.4 Å². The quantitative estimate of drug-likeness (QED) is 0.888. The highest BCUT2D eigenvalue weighted by atomic mass is 16.5. The highest BCUT2D eigenvalue weighted by molar-refractivity contribution is 5.84. The van der Waals surface area contributed by atoms with Crippen LogP contribution in [-0.2, 0) is 13.0 Å². The summed E-state index contributed by atoms with van der Waals surface area (Å²) in [5, 5.41) is 8.92. The smallest absolute Gasteiger partial charge is 0.175 e. The van der Waals surface area contributed by atoms with Crippen molar-refractivity contribution in [1.82, 2.24) is 15.4 Å². The molecule has 126 valence electrons. The molecule has 5 heteroatoms. The summed E-state index contributed by atoms with van der Waals surface area (Å²) in [7, 11) is 5.80. The Kier molecular flexibility index (Phi) is 5.18. The molecule has 0 amide bonds. The van der Waals surface area contributed by atoms with E-state index in [0.717, 1.165) is 59.9 Å². The molecule has 2 aromatic rings. The second-order valence-corrected chi connectivity index (χ2v) is 6.72. The first-order valence-electron chi connectivity index (χ1n) is 8.48. The van der Waals surface area contributed by atoms with Gasteiger partial charge < -0.3 is 19.5 Å². The molecule has 0 bridgehead atoms. The lowest BCUT2D eigenvalue weighted by atomic mass is 9.92. The fourth-order valence-corrected chi connectivity index (χ4v) is 3.44. The standard InChI is InChI=1S/C18H27N3O2/c1-21(2)12-15-17(22-3)7-5-14-16(20-23-18(14)15)6-4-13-8-10-19-11-9-13/h5,7,13,19H,4,6,8-12H2,1-3H3. The minimum absolute atomic E-state index is 0.781. The highest BCUT2D eigenvalue weighted by Gasteiger charge is 2.19. The molecule has 0 spiro atoms. The molecule has 0 radical (unpaired) electrons. The summed E-state index contributed by atoms with van der Waals surface area (Å²) in [6.07, 6.45) is 4.73. The van der Waals surface area contributed by atoms with Crippen molar-refractivity contribution < 1.29 is 9.26 Å². The van der Waals surface area contributed by atoms with Gasteiger partial charge in [0, 0.05) is 11.9 Å². The van der Waals surface area contributed by atoms with Crippen molar-refractivity contribution in [1.29, 1.82) is 0 Å². The lowest BCUT2D eigenvalue weighted by Gasteiger charge is -2.21. The third-order valence-corrected chi connectivity index (χ3v) is 4.72. The molecule has 0 atom stereocenters. The molecule has 0 aliphatic carbocycles. The zero-order valence-electron chi connectivity index (χ0n) is 14.4. The van der Waals surface area contributed by atoms with Crippen LogP contribution in [0.15, 0.2) is 16.7 Å². The third kappa shape index (κ3) is 3.67. The van der Waals surface area contributed by atoms with Gasteiger partial charge in [-0.15, -0.1) is 0 Å². The van der Waals surface area contributed by atoms with E-state index in [1.54, 1.807) is 7.11 Å². The van der Waals surface area contributed by atoms with Gasteiger partial charge in [0.15, 0.2) is 5.58 Å². The molecule has 1 aromatic heterocycles. The molecule has 1 fully saturated rings. The lowest BCUT2D eigenvalue weighted by Crippen LogP contribution is -2.27. The number of fused-ring (bicyclic) bond motifs is 1. The Balaban J connectivity index is 1.82. The molecule has 0 unspecified atom stereocenters. The molecule has 1 saturated heterocycles. The molecule has 1 aliphatic heterocycles. The van der Waals surface area contributed by atoms with Gasteiger partial charge >= 0.3 is 0 Å². The molecule has 0 saturated carbocycles. The number of methoxy groups -OCH3 is 1. The number of rotatable bonds is 6. The van der Waals surface area contributed by atoms with Crippen molar-refractivity contribution >= 4 is 11.0 Å². The molecule has 23 heavy (non-hydrogen) atoms. The summed E-state index contributed by atoms with van der Waals surface area (Å²) >= 11 is 0. The second kappa shape index (κ2) is 7.32.